The van der Waals surface area contributed by atoms with Crippen LogP contribution in [0.25, 0.3) is 0 Å². The molecule has 0 fully saturated rings. The number of hydrogen-bond acceptors (Lipinski definition) is 2. The van der Waals surface area contributed by atoms with Crippen LogP contribution in [0.4, 0.5) is 5.69 Å². The average molecular weight is 306 g/mol. The van der Waals surface area contributed by atoms with Crippen molar-refractivity contribution in [3.8, 4) is 0 Å². The lowest BCUT2D eigenvalue weighted by atomic mass is 9.77. The Labute approximate surface area is 133 Å². The van der Waals surface area contributed by atoms with E-state index in [0.29, 0.717) is 17.8 Å². The molecular weight excluding hydrogens is 280 g/mol. The van der Waals surface area contributed by atoms with Crippen LogP contribution in [0.5, 0.6) is 0 Å². The molecule has 3 nitrogen and oxygen atoms in total. The van der Waals surface area contributed by atoms with E-state index in [-0.39, 0.29) is 5.91 Å². The van der Waals surface area contributed by atoms with Gasteiger partial charge in [-0.25, -0.2) is 0 Å². The van der Waals surface area contributed by atoms with Crippen molar-refractivity contribution in [2.24, 2.45) is 11.1 Å². The van der Waals surface area contributed by atoms with Crippen LogP contribution in [0.1, 0.15) is 45.1 Å². The predicted molar refractivity (Wildman–Crippen MR) is 93.6 cm³/mol. The fourth-order valence-corrected chi connectivity index (χ4v) is 3.04. The summed E-state index contributed by atoms with van der Waals surface area (Å²) in [6.45, 7) is 6.14. The number of carbonyl (C=O) groups excluding carboxylic acids is 1. The number of anilines is 1. The van der Waals surface area contributed by atoms with Crippen molar-refractivity contribution in [1.82, 2.24) is 0 Å². The molecule has 0 saturated carbocycles. The molecule has 21 heavy (non-hydrogen) atoms. The molecule has 1 aromatic rings. The average Bonchev–Trinajstić information content (AvgIpc) is 2.46. The van der Waals surface area contributed by atoms with Gasteiger partial charge in [-0.15, -0.1) is 0 Å². The minimum absolute atomic E-state index is 0.00236. The summed E-state index contributed by atoms with van der Waals surface area (Å²) in [5.74, 6) is 0.00236. The molecule has 1 aromatic carbocycles. The molecule has 4 heteroatoms. The largest absolute Gasteiger partial charge is 0.392 e. The van der Waals surface area contributed by atoms with Crippen LogP contribution >= 0.6 is 12.2 Å². The van der Waals surface area contributed by atoms with Gasteiger partial charge >= 0.3 is 0 Å². The van der Waals surface area contributed by atoms with E-state index in [1.807, 2.05) is 31.2 Å². The number of benzene rings is 1. The smallest absolute Gasteiger partial charge is 0.239 e. The van der Waals surface area contributed by atoms with Gasteiger partial charge in [-0.05, 0) is 31.9 Å². The maximum Gasteiger partial charge on any atom is 0.239 e. The topological polar surface area (TPSA) is 46.3 Å². The Morgan fingerprint density at radius 1 is 1.19 bits per heavy atom. The van der Waals surface area contributed by atoms with Gasteiger partial charge in [0.2, 0.25) is 5.91 Å². The van der Waals surface area contributed by atoms with Crippen LogP contribution in [-0.2, 0) is 4.79 Å². The summed E-state index contributed by atoms with van der Waals surface area (Å²) < 4.78 is 0. The van der Waals surface area contributed by atoms with E-state index in [9.17, 15) is 4.79 Å². The molecule has 0 spiro atoms. The van der Waals surface area contributed by atoms with Gasteiger partial charge in [-0.3, -0.25) is 4.79 Å². The highest BCUT2D eigenvalue weighted by atomic mass is 32.1. The Morgan fingerprint density at radius 3 is 2.05 bits per heavy atom. The van der Waals surface area contributed by atoms with Gasteiger partial charge in [0.25, 0.3) is 0 Å². The maximum atomic E-state index is 13.0. The van der Waals surface area contributed by atoms with Crippen molar-refractivity contribution in [2.45, 2.75) is 46.5 Å². The fourth-order valence-electron chi connectivity index (χ4n) is 2.75. The van der Waals surface area contributed by atoms with E-state index >= 15 is 0 Å². The SMILES string of the molecule is CCCC(CCC)(C(=O)N(C)c1ccc(C)cc1)C(N)=S. The second-order valence-corrected chi connectivity index (χ2v) is 6.09. The highest BCUT2D eigenvalue weighted by Crippen LogP contribution is 2.34. The highest BCUT2D eigenvalue weighted by molar-refractivity contribution is 7.80. The first kappa shape index (κ1) is 17.6. The second kappa shape index (κ2) is 7.55. The summed E-state index contributed by atoms with van der Waals surface area (Å²) in [6.07, 6.45) is 3.16. The molecule has 0 saturated heterocycles. The first-order chi connectivity index (χ1) is 9.89. The molecule has 1 rings (SSSR count). The number of rotatable bonds is 7. The Balaban J connectivity index is 3.14. The minimum Gasteiger partial charge on any atom is -0.392 e. The number of aryl methyl sites for hydroxylation is 1. The van der Waals surface area contributed by atoms with Crippen LogP contribution in [-0.4, -0.2) is 17.9 Å². The van der Waals surface area contributed by atoms with Gasteiger partial charge < -0.3 is 10.6 Å². The lowest BCUT2D eigenvalue weighted by Gasteiger charge is -2.35. The minimum atomic E-state index is -0.724. The lowest BCUT2D eigenvalue weighted by Crippen LogP contribution is -2.49. The third-order valence-electron chi connectivity index (χ3n) is 3.96. The van der Waals surface area contributed by atoms with Crippen LogP contribution < -0.4 is 10.6 Å². The van der Waals surface area contributed by atoms with Crippen molar-refractivity contribution in [2.75, 3.05) is 11.9 Å². The van der Waals surface area contributed by atoms with Crippen LogP contribution in [0.3, 0.4) is 0 Å². The summed E-state index contributed by atoms with van der Waals surface area (Å²) in [7, 11) is 1.80. The molecule has 116 valence electrons. The number of amides is 1. The van der Waals surface area contributed by atoms with Crippen LogP contribution in [0, 0.1) is 12.3 Å². The Morgan fingerprint density at radius 2 is 1.67 bits per heavy atom. The number of nitrogens with two attached hydrogens (primary N) is 1. The zero-order valence-corrected chi connectivity index (χ0v) is 14.3. The molecular formula is C17H26N2OS. The summed E-state index contributed by atoms with van der Waals surface area (Å²) in [4.78, 5) is 15.0. The number of thiocarbonyl (C=S) groups is 1. The summed E-state index contributed by atoms with van der Waals surface area (Å²) in [5.41, 5.74) is 7.29. The van der Waals surface area contributed by atoms with Gasteiger partial charge in [0.05, 0.1) is 10.4 Å². The highest BCUT2D eigenvalue weighted by Gasteiger charge is 2.41. The molecule has 1 amide bonds. The van der Waals surface area contributed by atoms with Crippen molar-refractivity contribution in [1.29, 1.82) is 0 Å². The first-order valence-electron chi connectivity index (χ1n) is 7.53. The third-order valence-corrected chi connectivity index (χ3v) is 4.35. The molecule has 0 aromatic heterocycles. The zero-order valence-electron chi connectivity index (χ0n) is 13.5. The summed E-state index contributed by atoms with van der Waals surface area (Å²) in [5, 5.41) is 0. The van der Waals surface area contributed by atoms with Crippen molar-refractivity contribution < 1.29 is 4.79 Å². The number of carbonyl (C=O) groups is 1. The lowest BCUT2D eigenvalue weighted by molar-refractivity contribution is -0.125. The van der Waals surface area contributed by atoms with Crippen LogP contribution in [0.15, 0.2) is 24.3 Å². The van der Waals surface area contributed by atoms with Gasteiger partial charge in [0.15, 0.2) is 0 Å². The van der Waals surface area contributed by atoms with Gasteiger partial charge in [0.1, 0.15) is 0 Å². The van der Waals surface area contributed by atoms with E-state index in [1.165, 1.54) is 5.56 Å². The zero-order chi connectivity index (χ0) is 16.0. The number of nitrogens with zero attached hydrogens (tertiary/aromatic N) is 1. The predicted octanol–water partition coefficient (Wildman–Crippen LogP) is 3.83. The van der Waals surface area contributed by atoms with Crippen LogP contribution in [0.2, 0.25) is 0 Å². The van der Waals surface area contributed by atoms with Gasteiger partial charge in [-0.1, -0.05) is 56.6 Å². The fraction of sp³-hybridized carbons (Fsp3) is 0.529. The molecule has 0 atom stereocenters. The normalized spacial score (nSPS) is 11.2. The van der Waals surface area contributed by atoms with Gasteiger partial charge in [0, 0.05) is 12.7 Å². The van der Waals surface area contributed by atoms with E-state index in [4.69, 9.17) is 18.0 Å². The Bertz CT molecular complexity index is 490. The van der Waals surface area contributed by atoms with Crippen molar-refractivity contribution in [3.05, 3.63) is 29.8 Å². The molecule has 0 bridgehead atoms. The van der Waals surface area contributed by atoms with E-state index in [1.54, 1.807) is 11.9 Å². The summed E-state index contributed by atoms with van der Waals surface area (Å²) >= 11 is 5.26. The van der Waals surface area contributed by atoms with E-state index in [2.05, 4.69) is 13.8 Å². The molecule has 0 aliphatic carbocycles. The quantitative estimate of drug-likeness (QED) is 0.779. The molecule has 0 heterocycles. The summed E-state index contributed by atoms with van der Waals surface area (Å²) in [6, 6.07) is 7.91. The third kappa shape index (κ3) is 3.82. The van der Waals surface area contributed by atoms with Crippen molar-refractivity contribution in [3.63, 3.8) is 0 Å². The van der Waals surface area contributed by atoms with E-state index in [0.717, 1.165) is 18.5 Å². The molecule has 0 aliphatic heterocycles. The standard InChI is InChI=1S/C17H26N2OS/c1-5-11-17(12-6-2,15(18)21)16(20)19(4)14-9-7-13(3)8-10-14/h7-10H,5-6,11-12H2,1-4H3,(H2,18,21). The Kier molecular flexibility index (Phi) is 6.34. The van der Waals surface area contributed by atoms with Crippen molar-refractivity contribution >= 4 is 28.8 Å². The molecule has 0 aliphatic rings. The molecule has 0 radical (unpaired) electrons. The second-order valence-electron chi connectivity index (χ2n) is 5.65. The molecule has 2 N–H and O–H groups in total. The monoisotopic (exact) mass is 306 g/mol. The first-order valence-corrected chi connectivity index (χ1v) is 7.94. The number of hydrogen-bond donors (Lipinski definition) is 1. The van der Waals surface area contributed by atoms with E-state index < -0.39 is 5.41 Å². The Hall–Kier alpha value is -1.42. The van der Waals surface area contributed by atoms with Gasteiger partial charge in [-0.2, -0.15) is 0 Å². The molecule has 0 unspecified atom stereocenters. The maximum absolute atomic E-state index is 13.0.